The molecule has 1 fully saturated rings. The highest BCUT2D eigenvalue weighted by Gasteiger charge is 2.30. The smallest absolute Gasteiger partial charge is 0.312 e. The molecule has 0 radical (unpaired) electrons. The number of hydrogen-bond acceptors (Lipinski definition) is 4. The fraction of sp³-hybridized carbons (Fsp3) is 0.471. The summed E-state index contributed by atoms with van der Waals surface area (Å²) in [7, 11) is 0. The Labute approximate surface area is 141 Å². The molecule has 1 aliphatic heterocycles. The van der Waals surface area contributed by atoms with Crippen LogP contribution >= 0.6 is 0 Å². The number of primary amides is 1. The van der Waals surface area contributed by atoms with Crippen LogP contribution in [0.1, 0.15) is 37.4 Å². The summed E-state index contributed by atoms with van der Waals surface area (Å²) in [5.74, 6) is -0.750. The van der Waals surface area contributed by atoms with Crippen molar-refractivity contribution in [3.8, 4) is 0 Å². The number of hydrogen-bond donors (Lipinski definition) is 2. The Bertz CT molecular complexity index is 570. The van der Waals surface area contributed by atoms with Crippen molar-refractivity contribution < 1.29 is 19.1 Å². The molecule has 24 heavy (non-hydrogen) atoms. The number of amides is 3. The zero-order chi connectivity index (χ0) is 17.4. The Morgan fingerprint density at radius 1 is 1.12 bits per heavy atom. The van der Waals surface area contributed by atoms with Crippen molar-refractivity contribution in [2.45, 2.75) is 31.8 Å². The number of nitrogens with one attached hydrogen (secondary N) is 1. The molecule has 0 aromatic heterocycles. The summed E-state index contributed by atoms with van der Waals surface area (Å²) in [6.07, 6.45) is 2.04. The molecule has 130 valence electrons. The van der Waals surface area contributed by atoms with E-state index in [1.54, 1.807) is 29.2 Å². The fourth-order valence-corrected chi connectivity index (χ4v) is 2.65. The summed E-state index contributed by atoms with van der Waals surface area (Å²) < 4.78 is 5.41. The van der Waals surface area contributed by atoms with Gasteiger partial charge >= 0.3 is 12.0 Å². The summed E-state index contributed by atoms with van der Waals surface area (Å²) >= 11 is 0. The van der Waals surface area contributed by atoms with Crippen LogP contribution in [0.2, 0.25) is 0 Å². The predicted octanol–water partition coefficient (Wildman–Crippen LogP) is 1.34. The third-order valence-electron chi connectivity index (χ3n) is 3.87. The second-order valence-corrected chi connectivity index (χ2v) is 5.71. The molecule has 3 N–H and O–H groups in total. The van der Waals surface area contributed by atoms with E-state index in [9.17, 15) is 14.4 Å². The summed E-state index contributed by atoms with van der Waals surface area (Å²) in [5, 5.41) is 2.32. The first kappa shape index (κ1) is 17.8. The molecule has 1 aliphatic rings. The Kier molecular flexibility index (Phi) is 6.60. The number of urea groups is 1. The van der Waals surface area contributed by atoms with Crippen molar-refractivity contribution in [2.75, 3.05) is 19.6 Å². The lowest BCUT2D eigenvalue weighted by Gasteiger charge is -2.30. The van der Waals surface area contributed by atoms with Gasteiger partial charge in [-0.15, -0.1) is 0 Å². The van der Waals surface area contributed by atoms with Crippen molar-refractivity contribution >= 4 is 17.9 Å². The van der Waals surface area contributed by atoms with Gasteiger partial charge in [-0.1, -0.05) is 30.3 Å². The van der Waals surface area contributed by atoms with Gasteiger partial charge in [-0.2, -0.15) is 0 Å². The lowest BCUT2D eigenvalue weighted by Crippen LogP contribution is -2.40. The van der Waals surface area contributed by atoms with Crippen LogP contribution in [0.3, 0.4) is 0 Å². The molecule has 0 saturated carbocycles. The number of benzene rings is 1. The van der Waals surface area contributed by atoms with Crippen molar-refractivity contribution in [1.29, 1.82) is 0 Å². The van der Waals surface area contributed by atoms with Gasteiger partial charge in [-0.3, -0.25) is 9.59 Å². The van der Waals surface area contributed by atoms with Gasteiger partial charge in [0.25, 0.3) is 5.91 Å². The van der Waals surface area contributed by atoms with Gasteiger partial charge in [-0.05, 0) is 19.3 Å². The van der Waals surface area contributed by atoms with E-state index in [4.69, 9.17) is 10.5 Å². The SMILES string of the molecule is NC(=O)NCCC(=O)O[C@@H](C(=O)N1CCCCC1)c1ccccc1. The lowest BCUT2D eigenvalue weighted by molar-refractivity contribution is -0.161. The molecule has 7 heteroatoms. The number of nitrogens with two attached hydrogens (primary N) is 1. The van der Waals surface area contributed by atoms with Crippen LogP contribution in [0, 0.1) is 0 Å². The van der Waals surface area contributed by atoms with E-state index >= 15 is 0 Å². The first-order valence-electron chi connectivity index (χ1n) is 8.14. The number of nitrogens with zero attached hydrogens (tertiary/aromatic N) is 1. The fourth-order valence-electron chi connectivity index (χ4n) is 2.65. The van der Waals surface area contributed by atoms with Crippen molar-refractivity contribution in [3.63, 3.8) is 0 Å². The highest BCUT2D eigenvalue weighted by atomic mass is 16.5. The number of carbonyl (C=O) groups excluding carboxylic acids is 3. The molecule has 0 unspecified atom stereocenters. The zero-order valence-corrected chi connectivity index (χ0v) is 13.6. The topological polar surface area (TPSA) is 102 Å². The molecule has 2 rings (SSSR count). The van der Waals surface area contributed by atoms with E-state index < -0.39 is 18.1 Å². The van der Waals surface area contributed by atoms with Gasteiger partial charge in [0.15, 0.2) is 0 Å². The number of likely N-dealkylation sites (tertiary alicyclic amines) is 1. The monoisotopic (exact) mass is 333 g/mol. The van der Waals surface area contributed by atoms with E-state index in [2.05, 4.69) is 5.32 Å². The summed E-state index contributed by atoms with van der Waals surface area (Å²) in [6.45, 7) is 1.44. The van der Waals surface area contributed by atoms with Crippen molar-refractivity contribution in [2.24, 2.45) is 5.73 Å². The highest BCUT2D eigenvalue weighted by Crippen LogP contribution is 2.23. The number of ether oxygens (including phenoxy) is 1. The third kappa shape index (κ3) is 5.26. The second kappa shape index (κ2) is 8.90. The summed E-state index contributed by atoms with van der Waals surface area (Å²) in [4.78, 5) is 37.2. The molecule has 1 heterocycles. The number of rotatable bonds is 6. The molecule has 0 aliphatic carbocycles. The molecular formula is C17H23N3O4. The van der Waals surface area contributed by atoms with Crippen molar-refractivity contribution in [3.05, 3.63) is 35.9 Å². The maximum Gasteiger partial charge on any atom is 0.312 e. The number of esters is 1. The van der Waals surface area contributed by atoms with Gasteiger partial charge in [0.05, 0.1) is 6.42 Å². The number of carbonyl (C=O) groups is 3. The average molecular weight is 333 g/mol. The standard InChI is InChI=1S/C17H23N3O4/c18-17(23)19-10-9-14(21)24-15(13-7-3-1-4-8-13)16(22)20-11-5-2-6-12-20/h1,3-4,7-8,15H,2,5-6,9-12H2,(H3,18,19,23)/t15-/m1/s1. The molecule has 1 saturated heterocycles. The van der Waals surface area contributed by atoms with Gasteiger partial charge in [0, 0.05) is 25.2 Å². The second-order valence-electron chi connectivity index (χ2n) is 5.71. The van der Waals surface area contributed by atoms with Crippen LogP contribution in [0.15, 0.2) is 30.3 Å². The highest BCUT2D eigenvalue weighted by molar-refractivity contribution is 5.85. The Hall–Kier alpha value is -2.57. The zero-order valence-electron chi connectivity index (χ0n) is 13.6. The molecule has 1 atom stereocenters. The largest absolute Gasteiger partial charge is 0.447 e. The summed E-state index contributed by atoms with van der Waals surface area (Å²) in [6, 6.07) is 8.27. The maximum absolute atomic E-state index is 12.8. The van der Waals surface area contributed by atoms with Gasteiger partial charge in [0.1, 0.15) is 0 Å². The third-order valence-corrected chi connectivity index (χ3v) is 3.87. The minimum Gasteiger partial charge on any atom is -0.447 e. The molecule has 1 aromatic carbocycles. The van der Waals surface area contributed by atoms with E-state index in [-0.39, 0.29) is 18.9 Å². The Morgan fingerprint density at radius 3 is 2.42 bits per heavy atom. The van der Waals surface area contributed by atoms with Crippen molar-refractivity contribution in [1.82, 2.24) is 10.2 Å². The van der Waals surface area contributed by atoms with Crippen LogP contribution in [-0.2, 0) is 14.3 Å². The summed E-state index contributed by atoms with van der Waals surface area (Å²) in [5.41, 5.74) is 5.60. The van der Waals surface area contributed by atoms with Crippen LogP contribution in [-0.4, -0.2) is 42.4 Å². The Balaban J connectivity index is 2.04. The van der Waals surface area contributed by atoms with Crippen LogP contribution in [0.5, 0.6) is 0 Å². The van der Waals surface area contributed by atoms with E-state index in [0.29, 0.717) is 18.7 Å². The average Bonchev–Trinajstić information content (AvgIpc) is 2.60. The molecule has 7 nitrogen and oxygen atoms in total. The van der Waals surface area contributed by atoms with Crippen LogP contribution in [0.25, 0.3) is 0 Å². The Morgan fingerprint density at radius 2 is 1.79 bits per heavy atom. The maximum atomic E-state index is 12.8. The first-order chi connectivity index (χ1) is 11.6. The first-order valence-corrected chi connectivity index (χ1v) is 8.14. The lowest BCUT2D eigenvalue weighted by atomic mass is 10.1. The van der Waals surface area contributed by atoms with Crippen LogP contribution < -0.4 is 11.1 Å². The molecule has 0 spiro atoms. The van der Waals surface area contributed by atoms with Crippen LogP contribution in [0.4, 0.5) is 4.79 Å². The van der Waals surface area contributed by atoms with E-state index in [1.807, 2.05) is 6.07 Å². The number of piperidine rings is 1. The normalized spacial score (nSPS) is 15.4. The van der Waals surface area contributed by atoms with Gasteiger partial charge in [0.2, 0.25) is 6.10 Å². The van der Waals surface area contributed by atoms with E-state index in [0.717, 1.165) is 19.3 Å². The molecule has 0 bridgehead atoms. The van der Waals surface area contributed by atoms with Gasteiger partial charge < -0.3 is 20.7 Å². The van der Waals surface area contributed by atoms with Gasteiger partial charge in [-0.25, -0.2) is 4.79 Å². The molecule has 3 amide bonds. The van der Waals surface area contributed by atoms with E-state index in [1.165, 1.54) is 0 Å². The molecular weight excluding hydrogens is 310 g/mol. The quantitative estimate of drug-likeness (QED) is 0.767. The molecule has 1 aromatic rings. The minimum atomic E-state index is -0.953. The predicted molar refractivity (Wildman–Crippen MR) is 87.9 cm³/mol. The minimum absolute atomic E-state index is 0.0421.